The molecule has 3 N–H and O–H groups in total. The number of likely N-dealkylation sites (N-methyl/N-ethyl adjacent to an activating group) is 1. The Hall–Kier alpha value is -3.65. The van der Waals surface area contributed by atoms with Crippen LogP contribution in [0.25, 0.3) is 0 Å². The molecule has 3 amide bonds. The van der Waals surface area contributed by atoms with E-state index in [2.05, 4.69) is 20.1 Å². The maximum absolute atomic E-state index is 13.8. The number of alkyl halides is 3. The number of carbonyl (C=O) groups is 3. The standard InChI is InChI=1S/C29H35F3N4O6S/c1-18(33-2)26(37)35-24(17-19-12-14-21(15-13-19)42-43(40,41)29(30,31)32)28(39)36-16-6-11-25(36)27(38)34-23-10-5-8-20-7-3-4-9-22(20)23/h3-4,7,9,12-15,18,23-25,33H,5-6,8,10-11,16-17H2,1-2H3,(H,34,38)(H,35,37)/t18-,23+,24-,25-/m0/s1. The van der Waals surface area contributed by atoms with E-state index in [0.29, 0.717) is 24.9 Å². The van der Waals surface area contributed by atoms with Crippen molar-refractivity contribution in [2.45, 2.75) is 75.1 Å². The number of rotatable bonds is 10. The Morgan fingerprint density at radius 1 is 1.05 bits per heavy atom. The molecule has 0 bridgehead atoms. The third-order valence-electron chi connectivity index (χ3n) is 7.82. The summed E-state index contributed by atoms with van der Waals surface area (Å²) in [6, 6.07) is 10.0. The molecule has 1 saturated heterocycles. The molecule has 0 spiro atoms. The lowest BCUT2D eigenvalue weighted by molar-refractivity contribution is -0.141. The minimum absolute atomic E-state index is 0.0614. The van der Waals surface area contributed by atoms with Gasteiger partial charge in [-0.25, -0.2) is 0 Å². The van der Waals surface area contributed by atoms with E-state index < -0.39 is 51.3 Å². The highest BCUT2D eigenvalue weighted by Gasteiger charge is 2.48. The number of hydrogen-bond donors (Lipinski definition) is 3. The second-order valence-electron chi connectivity index (χ2n) is 10.7. The summed E-state index contributed by atoms with van der Waals surface area (Å²) in [7, 11) is -4.26. The molecule has 43 heavy (non-hydrogen) atoms. The summed E-state index contributed by atoms with van der Waals surface area (Å²) in [4.78, 5) is 41.6. The largest absolute Gasteiger partial charge is 0.534 e. The van der Waals surface area contributed by atoms with E-state index >= 15 is 0 Å². The molecule has 2 aliphatic rings. The van der Waals surface area contributed by atoms with Gasteiger partial charge in [-0.15, -0.1) is 0 Å². The molecule has 1 aliphatic carbocycles. The number of aryl methyl sites for hydroxylation is 1. The van der Waals surface area contributed by atoms with E-state index in [1.807, 2.05) is 24.3 Å². The third kappa shape index (κ3) is 7.66. The third-order valence-corrected chi connectivity index (χ3v) is 8.80. The smallest absolute Gasteiger partial charge is 0.376 e. The van der Waals surface area contributed by atoms with Gasteiger partial charge in [0.1, 0.15) is 17.8 Å². The molecule has 10 nitrogen and oxygen atoms in total. The van der Waals surface area contributed by atoms with E-state index in [0.717, 1.165) is 37.0 Å². The van der Waals surface area contributed by atoms with Gasteiger partial charge in [0.2, 0.25) is 17.7 Å². The summed E-state index contributed by atoms with van der Waals surface area (Å²) in [5.74, 6) is -1.76. The molecule has 1 heterocycles. The molecule has 0 saturated carbocycles. The average molecular weight is 625 g/mol. The molecule has 0 radical (unpaired) electrons. The Balaban J connectivity index is 1.50. The molecule has 234 valence electrons. The van der Waals surface area contributed by atoms with Crippen molar-refractivity contribution in [1.82, 2.24) is 20.9 Å². The Labute approximate surface area is 248 Å². The van der Waals surface area contributed by atoms with E-state index in [9.17, 15) is 36.0 Å². The molecule has 4 rings (SSSR count). The molecule has 2 aromatic rings. The topological polar surface area (TPSA) is 134 Å². The van der Waals surface area contributed by atoms with Crippen molar-refractivity contribution in [3.8, 4) is 5.75 Å². The zero-order valence-electron chi connectivity index (χ0n) is 23.8. The van der Waals surface area contributed by atoms with Gasteiger partial charge in [-0.1, -0.05) is 36.4 Å². The zero-order valence-corrected chi connectivity index (χ0v) is 24.6. The van der Waals surface area contributed by atoms with Crippen LogP contribution in [-0.4, -0.2) is 68.3 Å². The number of benzene rings is 2. The first kappa shape index (κ1) is 32.3. The quantitative estimate of drug-likeness (QED) is 0.274. The molecule has 1 aliphatic heterocycles. The van der Waals surface area contributed by atoms with Crippen LogP contribution >= 0.6 is 0 Å². The summed E-state index contributed by atoms with van der Waals surface area (Å²) >= 11 is 0. The molecular weight excluding hydrogens is 589 g/mol. The summed E-state index contributed by atoms with van der Waals surface area (Å²) in [6.45, 7) is 1.92. The fourth-order valence-electron chi connectivity index (χ4n) is 5.39. The first-order chi connectivity index (χ1) is 20.3. The van der Waals surface area contributed by atoms with Crippen LogP contribution in [0.2, 0.25) is 0 Å². The summed E-state index contributed by atoms with van der Waals surface area (Å²) in [6.07, 6.45) is 3.65. The van der Waals surface area contributed by atoms with Crippen molar-refractivity contribution < 1.29 is 40.2 Å². The van der Waals surface area contributed by atoms with Gasteiger partial charge in [-0.2, -0.15) is 21.6 Å². The van der Waals surface area contributed by atoms with Gasteiger partial charge in [-0.05, 0) is 74.9 Å². The van der Waals surface area contributed by atoms with E-state index in [1.165, 1.54) is 22.6 Å². The van der Waals surface area contributed by atoms with E-state index in [4.69, 9.17) is 0 Å². The first-order valence-corrected chi connectivity index (χ1v) is 15.5. The maximum Gasteiger partial charge on any atom is 0.534 e. The van der Waals surface area contributed by atoms with E-state index in [1.54, 1.807) is 14.0 Å². The van der Waals surface area contributed by atoms with Gasteiger partial charge in [-0.3, -0.25) is 14.4 Å². The summed E-state index contributed by atoms with van der Waals surface area (Å²) in [5.41, 5.74) is -2.91. The predicted molar refractivity (Wildman–Crippen MR) is 151 cm³/mol. The highest BCUT2D eigenvalue weighted by atomic mass is 32.2. The van der Waals surface area contributed by atoms with Crippen LogP contribution < -0.4 is 20.1 Å². The van der Waals surface area contributed by atoms with Crippen LogP contribution in [0.5, 0.6) is 5.75 Å². The molecule has 1 fully saturated rings. The second-order valence-corrected chi connectivity index (χ2v) is 12.3. The molecular formula is C29H35F3N4O6S. The molecule has 0 unspecified atom stereocenters. The zero-order chi connectivity index (χ0) is 31.4. The molecule has 14 heteroatoms. The van der Waals surface area contributed by atoms with Gasteiger partial charge >= 0.3 is 15.6 Å². The summed E-state index contributed by atoms with van der Waals surface area (Å²) in [5, 5.41) is 8.64. The average Bonchev–Trinajstić information content (AvgIpc) is 3.47. The normalized spacial score (nSPS) is 20.1. The van der Waals surface area contributed by atoms with Crippen molar-refractivity contribution >= 4 is 27.8 Å². The fraction of sp³-hybridized carbons (Fsp3) is 0.483. The first-order valence-electron chi connectivity index (χ1n) is 14.1. The lowest BCUT2D eigenvalue weighted by Gasteiger charge is -2.32. The van der Waals surface area contributed by atoms with Gasteiger partial charge in [0, 0.05) is 13.0 Å². The van der Waals surface area contributed by atoms with Crippen molar-refractivity contribution in [2.75, 3.05) is 13.6 Å². The fourth-order valence-corrected chi connectivity index (χ4v) is 5.85. The maximum atomic E-state index is 13.8. The van der Waals surface area contributed by atoms with Crippen molar-refractivity contribution in [1.29, 1.82) is 0 Å². The van der Waals surface area contributed by atoms with Gasteiger partial charge in [0.05, 0.1) is 12.1 Å². The molecule has 2 aromatic carbocycles. The van der Waals surface area contributed by atoms with Crippen LogP contribution in [-0.2, 0) is 37.3 Å². The number of hydrogen-bond acceptors (Lipinski definition) is 7. The molecule has 0 aromatic heterocycles. The van der Waals surface area contributed by atoms with Gasteiger partial charge in [0.15, 0.2) is 0 Å². The van der Waals surface area contributed by atoms with Gasteiger partial charge in [0.25, 0.3) is 0 Å². The SMILES string of the molecule is CN[C@@H](C)C(=O)N[C@@H](Cc1ccc(OS(=O)(=O)C(F)(F)F)cc1)C(=O)N1CCC[C@H]1C(=O)N[C@@H]1CCCc2ccccc21. The highest BCUT2D eigenvalue weighted by Crippen LogP contribution is 2.31. The number of nitrogens with one attached hydrogen (secondary N) is 3. The Kier molecular flexibility index (Phi) is 10.0. The van der Waals surface area contributed by atoms with Crippen LogP contribution in [0.15, 0.2) is 48.5 Å². The summed E-state index contributed by atoms with van der Waals surface area (Å²) < 4.78 is 64.8. The lowest BCUT2D eigenvalue weighted by atomic mass is 9.87. The number of halogens is 3. The van der Waals surface area contributed by atoms with Crippen LogP contribution in [0.3, 0.4) is 0 Å². The Morgan fingerprint density at radius 2 is 1.74 bits per heavy atom. The predicted octanol–water partition coefficient (Wildman–Crippen LogP) is 2.74. The van der Waals surface area contributed by atoms with Crippen LogP contribution in [0.1, 0.15) is 55.3 Å². The molecule has 4 atom stereocenters. The number of amides is 3. The Bertz CT molecular complexity index is 1430. The number of nitrogens with zero attached hydrogens (tertiary/aromatic N) is 1. The van der Waals surface area contributed by atoms with Crippen molar-refractivity contribution in [2.24, 2.45) is 0 Å². The van der Waals surface area contributed by atoms with E-state index in [-0.39, 0.29) is 18.4 Å². The Morgan fingerprint density at radius 3 is 2.42 bits per heavy atom. The monoisotopic (exact) mass is 624 g/mol. The number of fused-ring (bicyclic) bond motifs is 1. The minimum Gasteiger partial charge on any atom is -0.376 e. The minimum atomic E-state index is -5.84. The van der Waals surface area contributed by atoms with Crippen LogP contribution in [0, 0.1) is 0 Å². The lowest BCUT2D eigenvalue weighted by Crippen LogP contribution is -2.56. The second kappa shape index (κ2) is 13.3. The van der Waals surface area contributed by atoms with Gasteiger partial charge < -0.3 is 25.0 Å². The highest BCUT2D eigenvalue weighted by molar-refractivity contribution is 7.88. The van der Waals surface area contributed by atoms with Crippen molar-refractivity contribution in [3.63, 3.8) is 0 Å². The number of carbonyl (C=O) groups excluding carboxylic acids is 3. The number of likely N-dealkylation sites (tertiary alicyclic amines) is 1. The van der Waals surface area contributed by atoms with Crippen molar-refractivity contribution in [3.05, 3.63) is 65.2 Å². The van der Waals surface area contributed by atoms with Crippen LogP contribution in [0.4, 0.5) is 13.2 Å².